The fraction of sp³-hybridized carbons (Fsp3) is 0.125. The molecule has 5 heteroatoms. The Balaban J connectivity index is 2.11. The molecule has 1 N–H and O–H groups in total. The van der Waals surface area contributed by atoms with Crippen molar-refractivity contribution in [3.63, 3.8) is 0 Å². The van der Waals surface area contributed by atoms with Gasteiger partial charge in [-0.05, 0) is 30.2 Å². The Morgan fingerprint density at radius 1 is 1.05 bits per heavy atom. The third-order valence-electron chi connectivity index (χ3n) is 2.95. The molecular weight excluding hydrogens is 350 g/mol. The molecule has 0 saturated heterocycles. The van der Waals surface area contributed by atoms with Crippen LogP contribution in [0.5, 0.6) is 0 Å². The molecule has 0 aromatic heterocycles. The number of rotatable bonds is 5. The second kappa shape index (κ2) is 7.02. The molecule has 0 aliphatic heterocycles. The lowest BCUT2D eigenvalue weighted by atomic mass is 10.1. The van der Waals surface area contributed by atoms with E-state index in [-0.39, 0.29) is 6.04 Å². The fourth-order valence-electron chi connectivity index (χ4n) is 1.91. The van der Waals surface area contributed by atoms with Gasteiger partial charge in [0.15, 0.2) is 0 Å². The van der Waals surface area contributed by atoms with Gasteiger partial charge in [0, 0.05) is 15.9 Å². The Morgan fingerprint density at radius 3 is 2.33 bits per heavy atom. The zero-order chi connectivity index (χ0) is 15.3. The summed E-state index contributed by atoms with van der Waals surface area (Å²) >= 11 is 3.43. The van der Waals surface area contributed by atoms with Crippen LogP contribution in [0.4, 0.5) is 0 Å². The number of hydrogen-bond acceptors (Lipinski definition) is 2. The van der Waals surface area contributed by atoms with Gasteiger partial charge in [-0.1, -0.05) is 64.5 Å². The van der Waals surface area contributed by atoms with Crippen LogP contribution in [0.2, 0.25) is 0 Å². The van der Waals surface area contributed by atoms with Crippen LogP contribution in [0, 0.1) is 0 Å². The second-order valence-electron chi connectivity index (χ2n) is 4.62. The topological polar surface area (TPSA) is 46.2 Å². The van der Waals surface area contributed by atoms with E-state index in [2.05, 4.69) is 20.7 Å². The summed E-state index contributed by atoms with van der Waals surface area (Å²) in [7, 11) is -3.50. The molecule has 0 aliphatic carbocycles. The van der Waals surface area contributed by atoms with Crippen molar-refractivity contribution in [2.75, 3.05) is 0 Å². The highest BCUT2D eigenvalue weighted by Crippen LogP contribution is 2.23. The average molecular weight is 366 g/mol. The van der Waals surface area contributed by atoms with E-state index in [4.69, 9.17) is 0 Å². The Morgan fingerprint density at radius 2 is 1.67 bits per heavy atom. The minimum Gasteiger partial charge on any atom is -0.208 e. The van der Waals surface area contributed by atoms with Crippen molar-refractivity contribution in [2.45, 2.75) is 13.0 Å². The second-order valence-corrected chi connectivity index (χ2v) is 7.07. The van der Waals surface area contributed by atoms with Crippen LogP contribution in [0.15, 0.2) is 64.5 Å². The van der Waals surface area contributed by atoms with Crippen molar-refractivity contribution in [3.8, 4) is 0 Å². The SMILES string of the molecule is C[C@H](NS(=O)(=O)/C=C/c1ccccc1)c1ccccc1Br. The van der Waals surface area contributed by atoms with Gasteiger partial charge in [-0.3, -0.25) is 0 Å². The predicted octanol–water partition coefficient (Wildman–Crippen LogP) is 4.10. The van der Waals surface area contributed by atoms with Gasteiger partial charge in [0.2, 0.25) is 10.0 Å². The van der Waals surface area contributed by atoms with E-state index in [9.17, 15) is 8.42 Å². The smallest absolute Gasteiger partial charge is 0.208 e. The van der Waals surface area contributed by atoms with E-state index >= 15 is 0 Å². The van der Waals surface area contributed by atoms with E-state index in [0.29, 0.717) is 0 Å². The van der Waals surface area contributed by atoms with Crippen molar-refractivity contribution in [3.05, 3.63) is 75.6 Å². The highest BCUT2D eigenvalue weighted by molar-refractivity contribution is 9.10. The highest BCUT2D eigenvalue weighted by Gasteiger charge is 2.14. The van der Waals surface area contributed by atoms with Crippen LogP contribution in [0.25, 0.3) is 6.08 Å². The lowest BCUT2D eigenvalue weighted by molar-refractivity contribution is 0.576. The average Bonchev–Trinajstić information content (AvgIpc) is 2.46. The quantitative estimate of drug-likeness (QED) is 0.866. The van der Waals surface area contributed by atoms with Gasteiger partial charge in [0.25, 0.3) is 0 Å². The molecule has 21 heavy (non-hydrogen) atoms. The van der Waals surface area contributed by atoms with Gasteiger partial charge in [-0.15, -0.1) is 0 Å². The molecule has 0 unspecified atom stereocenters. The molecule has 110 valence electrons. The first-order valence-corrected chi connectivity index (χ1v) is 8.82. The first kappa shape index (κ1) is 15.9. The number of hydrogen-bond donors (Lipinski definition) is 1. The third kappa shape index (κ3) is 4.81. The van der Waals surface area contributed by atoms with Gasteiger partial charge in [-0.2, -0.15) is 0 Å². The predicted molar refractivity (Wildman–Crippen MR) is 90.1 cm³/mol. The first-order chi connectivity index (χ1) is 9.98. The monoisotopic (exact) mass is 365 g/mol. The minimum atomic E-state index is -3.50. The maximum atomic E-state index is 12.1. The molecule has 3 nitrogen and oxygen atoms in total. The number of nitrogens with one attached hydrogen (secondary N) is 1. The summed E-state index contributed by atoms with van der Waals surface area (Å²) in [5.74, 6) is 0. The van der Waals surface area contributed by atoms with Crippen molar-refractivity contribution in [2.24, 2.45) is 0 Å². The zero-order valence-electron chi connectivity index (χ0n) is 11.5. The van der Waals surface area contributed by atoms with Crippen molar-refractivity contribution in [1.29, 1.82) is 0 Å². The van der Waals surface area contributed by atoms with Gasteiger partial charge in [-0.25, -0.2) is 13.1 Å². The van der Waals surface area contributed by atoms with E-state index < -0.39 is 10.0 Å². The van der Waals surface area contributed by atoms with Crippen LogP contribution >= 0.6 is 15.9 Å². The number of benzene rings is 2. The lowest BCUT2D eigenvalue weighted by Crippen LogP contribution is -2.25. The molecule has 0 heterocycles. The minimum absolute atomic E-state index is 0.314. The zero-order valence-corrected chi connectivity index (χ0v) is 13.9. The van der Waals surface area contributed by atoms with Gasteiger partial charge < -0.3 is 0 Å². The number of sulfonamides is 1. The first-order valence-electron chi connectivity index (χ1n) is 6.48. The molecule has 0 saturated carbocycles. The van der Waals surface area contributed by atoms with Crippen molar-refractivity contribution < 1.29 is 8.42 Å². The standard InChI is InChI=1S/C16H16BrNO2S/c1-13(15-9-5-6-10-16(15)17)18-21(19,20)12-11-14-7-3-2-4-8-14/h2-13,18H,1H3/b12-11+/t13-/m0/s1. The summed E-state index contributed by atoms with van der Waals surface area (Å²) in [5, 5.41) is 1.19. The molecule has 2 aromatic carbocycles. The normalized spacial score (nSPS) is 13.4. The molecule has 0 amide bonds. The van der Waals surface area contributed by atoms with E-state index in [1.165, 1.54) is 5.41 Å². The summed E-state index contributed by atoms with van der Waals surface area (Å²) in [4.78, 5) is 0. The van der Waals surface area contributed by atoms with Crippen LogP contribution in [0.3, 0.4) is 0 Å². The summed E-state index contributed by atoms with van der Waals surface area (Å²) in [6.45, 7) is 1.81. The Bertz CT molecular complexity index is 727. The van der Waals surface area contributed by atoms with Crippen molar-refractivity contribution in [1.82, 2.24) is 4.72 Å². The summed E-state index contributed by atoms with van der Waals surface area (Å²) in [6.07, 6.45) is 1.58. The summed E-state index contributed by atoms with van der Waals surface area (Å²) < 4.78 is 27.7. The van der Waals surface area contributed by atoms with Gasteiger partial charge in [0.1, 0.15) is 0 Å². The van der Waals surface area contributed by atoms with Crippen LogP contribution in [-0.4, -0.2) is 8.42 Å². The summed E-state index contributed by atoms with van der Waals surface area (Å²) in [5.41, 5.74) is 1.74. The highest BCUT2D eigenvalue weighted by atomic mass is 79.9. The largest absolute Gasteiger partial charge is 0.234 e. The van der Waals surface area contributed by atoms with E-state index in [1.54, 1.807) is 6.08 Å². The molecule has 0 bridgehead atoms. The molecule has 0 radical (unpaired) electrons. The van der Waals surface area contributed by atoms with Crippen LogP contribution in [-0.2, 0) is 10.0 Å². The Hall–Kier alpha value is -1.43. The molecule has 0 fully saturated rings. The van der Waals surface area contributed by atoms with Crippen molar-refractivity contribution >= 4 is 32.0 Å². The molecule has 2 aromatic rings. The summed E-state index contributed by atoms with van der Waals surface area (Å²) in [6, 6.07) is 16.6. The molecular formula is C16H16BrNO2S. The van der Waals surface area contributed by atoms with Crippen LogP contribution < -0.4 is 4.72 Å². The maximum Gasteiger partial charge on any atom is 0.234 e. The third-order valence-corrected chi connectivity index (χ3v) is 4.85. The fourth-order valence-corrected chi connectivity index (χ4v) is 3.57. The molecule has 0 aliphatic rings. The van der Waals surface area contributed by atoms with Crippen LogP contribution in [0.1, 0.15) is 24.1 Å². The molecule has 2 rings (SSSR count). The Kier molecular flexibility index (Phi) is 5.33. The molecule has 0 spiro atoms. The molecule has 1 atom stereocenters. The number of halogens is 1. The Labute approximate surface area is 133 Å². The van der Waals surface area contributed by atoms with Gasteiger partial charge >= 0.3 is 0 Å². The van der Waals surface area contributed by atoms with E-state index in [0.717, 1.165) is 15.6 Å². The lowest BCUT2D eigenvalue weighted by Gasteiger charge is -2.14. The van der Waals surface area contributed by atoms with E-state index in [1.807, 2.05) is 61.5 Å². The maximum absolute atomic E-state index is 12.1. The van der Waals surface area contributed by atoms with Gasteiger partial charge in [0.05, 0.1) is 0 Å².